The van der Waals surface area contributed by atoms with Crippen molar-refractivity contribution in [3.63, 3.8) is 0 Å². The van der Waals surface area contributed by atoms with E-state index in [-0.39, 0.29) is 5.75 Å². The van der Waals surface area contributed by atoms with E-state index < -0.39 is 0 Å². The lowest BCUT2D eigenvalue weighted by molar-refractivity contribution is 0.476. The molecule has 0 fully saturated rings. The van der Waals surface area contributed by atoms with Gasteiger partial charge < -0.3 is 9.52 Å². The first-order valence-electron chi connectivity index (χ1n) is 12.9. The molecule has 0 spiro atoms. The predicted octanol–water partition coefficient (Wildman–Crippen LogP) is 9.69. The largest absolute Gasteiger partial charge is 0.508 e. The standard InChI is InChI=1S/C35H31NO2/c1-5-13-24-25(14-6-2)27-17-9-10-18-29(27)35-33(28(16-8-4)26(24)15-7-3)31-22-23(37)21-30(34(31)38-35)32-19-11-12-20-36-32/h5-22,37H,1-4H3/b13-5-,14-6-,15-7-,16-8-,25-24-,26-24?,27-25?,28-26-,33-28?,35-29?. The van der Waals surface area contributed by atoms with Crippen LogP contribution in [0, 0.1) is 0 Å². The summed E-state index contributed by atoms with van der Waals surface area (Å²) in [7, 11) is 0. The van der Waals surface area contributed by atoms with Gasteiger partial charge in [0, 0.05) is 28.3 Å². The summed E-state index contributed by atoms with van der Waals surface area (Å²) in [5, 5.41) is 11.7. The zero-order valence-corrected chi connectivity index (χ0v) is 22.2. The minimum atomic E-state index is 0.170. The van der Waals surface area contributed by atoms with Crippen molar-refractivity contribution >= 4 is 22.1 Å². The first kappa shape index (κ1) is 25.0. The number of benzene rings is 2. The molecule has 4 aromatic rings. The van der Waals surface area contributed by atoms with Crippen LogP contribution in [0.2, 0.25) is 0 Å². The van der Waals surface area contributed by atoms with Gasteiger partial charge in [-0.15, -0.1) is 0 Å². The normalized spacial score (nSPS) is 18.1. The monoisotopic (exact) mass is 497 g/mol. The lowest BCUT2D eigenvalue weighted by Crippen LogP contribution is -2.01. The molecular weight excluding hydrogens is 466 g/mol. The maximum Gasteiger partial charge on any atom is 0.145 e. The number of phenolic OH excluding ortho intramolecular Hbond substituents is 1. The highest BCUT2D eigenvalue weighted by atomic mass is 16.3. The number of allylic oxidation sites excluding steroid dienone is 12. The molecule has 2 aromatic heterocycles. The molecule has 1 aliphatic rings. The first-order valence-corrected chi connectivity index (χ1v) is 12.9. The first-order chi connectivity index (χ1) is 18.6. The second-order valence-corrected chi connectivity index (χ2v) is 9.09. The molecule has 0 atom stereocenters. The van der Waals surface area contributed by atoms with E-state index in [0.29, 0.717) is 5.58 Å². The van der Waals surface area contributed by atoms with Crippen LogP contribution < -0.4 is 0 Å². The second kappa shape index (κ2) is 10.8. The molecule has 188 valence electrons. The fourth-order valence-electron chi connectivity index (χ4n) is 5.22. The number of nitrogens with zero attached hydrogens (tertiary/aromatic N) is 1. The summed E-state index contributed by atoms with van der Waals surface area (Å²) in [6, 6.07) is 17.7. The van der Waals surface area contributed by atoms with Crippen LogP contribution in [0.25, 0.3) is 44.7 Å². The quantitative estimate of drug-likeness (QED) is 0.298. The number of pyridine rings is 1. The summed E-state index contributed by atoms with van der Waals surface area (Å²) >= 11 is 0. The van der Waals surface area contributed by atoms with Gasteiger partial charge in [-0.05, 0) is 79.8 Å². The maximum atomic E-state index is 10.9. The van der Waals surface area contributed by atoms with Crippen LogP contribution in [0.5, 0.6) is 5.75 Å². The molecule has 5 rings (SSSR count). The van der Waals surface area contributed by atoms with E-state index in [2.05, 4.69) is 71.8 Å². The van der Waals surface area contributed by atoms with Crippen LogP contribution in [0.4, 0.5) is 0 Å². The van der Waals surface area contributed by atoms with Gasteiger partial charge in [0.15, 0.2) is 0 Å². The number of fused-ring (bicyclic) bond motifs is 5. The third kappa shape index (κ3) is 4.26. The number of hydrogen-bond donors (Lipinski definition) is 1. The lowest BCUT2D eigenvalue weighted by atomic mass is 9.82. The summed E-state index contributed by atoms with van der Waals surface area (Å²) in [5.41, 5.74) is 9.59. The van der Waals surface area contributed by atoms with Crippen LogP contribution in [0.15, 0.2) is 125 Å². The van der Waals surface area contributed by atoms with E-state index in [9.17, 15) is 5.11 Å². The van der Waals surface area contributed by atoms with Crippen molar-refractivity contribution in [2.45, 2.75) is 27.7 Å². The minimum Gasteiger partial charge on any atom is -0.508 e. The van der Waals surface area contributed by atoms with Gasteiger partial charge in [0.2, 0.25) is 0 Å². The fraction of sp³-hybridized carbons (Fsp3) is 0.114. The molecule has 3 heteroatoms. The van der Waals surface area contributed by atoms with Crippen LogP contribution in [0.1, 0.15) is 38.8 Å². The Bertz CT molecular complexity index is 1690. The number of phenols is 1. The van der Waals surface area contributed by atoms with Gasteiger partial charge in [-0.3, -0.25) is 4.98 Å². The molecule has 0 radical (unpaired) electrons. The third-order valence-electron chi connectivity index (χ3n) is 6.65. The number of aromatic hydroxyl groups is 1. The Labute approximate surface area is 224 Å². The number of aromatic nitrogens is 1. The Morgan fingerprint density at radius 2 is 1.26 bits per heavy atom. The molecule has 3 nitrogen and oxygen atoms in total. The zero-order valence-electron chi connectivity index (χ0n) is 22.2. The molecular formula is C35H31NO2. The van der Waals surface area contributed by atoms with Crippen molar-refractivity contribution in [3.05, 3.63) is 132 Å². The molecule has 1 N–H and O–H groups in total. The van der Waals surface area contributed by atoms with Crippen molar-refractivity contribution in [2.24, 2.45) is 0 Å². The minimum absolute atomic E-state index is 0.170. The average molecular weight is 498 g/mol. The highest BCUT2D eigenvalue weighted by Crippen LogP contribution is 2.49. The molecule has 38 heavy (non-hydrogen) atoms. The smallest absolute Gasteiger partial charge is 0.145 e. The average Bonchev–Trinajstić information content (AvgIpc) is 3.31. The number of furan rings is 1. The Morgan fingerprint density at radius 1 is 0.658 bits per heavy atom. The SMILES string of the molecule is C\C=C/C1=C(\C=C/C)c2ccccc2-c2oc3c(-c4ccccn4)cc(O)cc3c2C(/C=C\C)=C1/C=C\C. The summed E-state index contributed by atoms with van der Waals surface area (Å²) < 4.78 is 6.81. The van der Waals surface area contributed by atoms with Gasteiger partial charge in [-0.2, -0.15) is 0 Å². The molecule has 0 saturated heterocycles. The summed E-state index contributed by atoms with van der Waals surface area (Å²) in [6.45, 7) is 8.15. The Morgan fingerprint density at radius 3 is 1.92 bits per heavy atom. The van der Waals surface area contributed by atoms with Crippen LogP contribution in [-0.2, 0) is 0 Å². The maximum absolute atomic E-state index is 10.9. The van der Waals surface area contributed by atoms with Crippen molar-refractivity contribution in [2.75, 3.05) is 0 Å². The van der Waals surface area contributed by atoms with E-state index in [1.165, 1.54) is 0 Å². The number of rotatable bonds is 5. The van der Waals surface area contributed by atoms with Crippen molar-refractivity contribution in [1.82, 2.24) is 4.98 Å². The molecule has 2 aromatic carbocycles. The van der Waals surface area contributed by atoms with Crippen molar-refractivity contribution in [1.29, 1.82) is 0 Å². The Hall–Kier alpha value is -4.63. The van der Waals surface area contributed by atoms with Crippen molar-refractivity contribution in [3.8, 4) is 28.3 Å². The van der Waals surface area contributed by atoms with Gasteiger partial charge in [0.25, 0.3) is 0 Å². The summed E-state index contributed by atoms with van der Waals surface area (Å²) in [5.74, 6) is 0.943. The molecule has 0 saturated carbocycles. The van der Waals surface area contributed by atoms with Gasteiger partial charge in [-0.1, -0.05) is 78.9 Å². The molecule has 0 bridgehead atoms. The Balaban J connectivity index is 2.05. The van der Waals surface area contributed by atoms with Gasteiger partial charge in [-0.25, -0.2) is 0 Å². The van der Waals surface area contributed by atoms with E-state index in [1.54, 1.807) is 18.3 Å². The zero-order chi connectivity index (χ0) is 26.6. The highest BCUT2D eigenvalue weighted by Gasteiger charge is 2.28. The van der Waals surface area contributed by atoms with Gasteiger partial charge >= 0.3 is 0 Å². The molecule has 0 amide bonds. The van der Waals surface area contributed by atoms with E-state index >= 15 is 0 Å². The summed E-state index contributed by atoms with van der Waals surface area (Å²) in [4.78, 5) is 4.57. The van der Waals surface area contributed by atoms with Crippen LogP contribution in [-0.4, -0.2) is 10.1 Å². The highest BCUT2D eigenvalue weighted by molar-refractivity contribution is 6.09. The molecule has 2 heterocycles. The van der Waals surface area contributed by atoms with Crippen molar-refractivity contribution < 1.29 is 9.52 Å². The van der Waals surface area contributed by atoms with Gasteiger partial charge in [0.05, 0.1) is 5.69 Å². The fourth-order valence-corrected chi connectivity index (χ4v) is 5.22. The predicted molar refractivity (Wildman–Crippen MR) is 160 cm³/mol. The topological polar surface area (TPSA) is 46.3 Å². The second-order valence-electron chi connectivity index (χ2n) is 9.09. The molecule has 0 unspecified atom stereocenters. The molecule has 1 aliphatic carbocycles. The number of hydrogen-bond acceptors (Lipinski definition) is 3. The third-order valence-corrected chi connectivity index (χ3v) is 6.65. The summed E-state index contributed by atoms with van der Waals surface area (Å²) in [6.07, 6.45) is 18.7. The molecule has 0 aliphatic heterocycles. The van der Waals surface area contributed by atoms with Crippen LogP contribution in [0.3, 0.4) is 0 Å². The van der Waals surface area contributed by atoms with E-state index in [4.69, 9.17) is 4.42 Å². The van der Waals surface area contributed by atoms with Crippen LogP contribution >= 0.6 is 0 Å². The van der Waals surface area contributed by atoms with Gasteiger partial charge in [0.1, 0.15) is 17.1 Å². The van der Waals surface area contributed by atoms with E-state index in [0.717, 1.165) is 61.4 Å². The Kier molecular flexibility index (Phi) is 7.10. The van der Waals surface area contributed by atoms with E-state index in [1.807, 2.05) is 52.0 Å². The lowest BCUT2D eigenvalue weighted by Gasteiger charge is -2.21.